The fourth-order valence-corrected chi connectivity index (χ4v) is 2.36. The Kier molecular flexibility index (Phi) is 4.57. The zero-order valence-corrected chi connectivity index (χ0v) is 13.5. The van der Waals surface area contributed by atoms with Gasteiger partial charge in [0, 0.05) is 5.56 Å². The highest BCUT2D eigenvalue weighted by Gasteiger charge is 2.24. The van der Waals surface area contributed by atoms with Crippen molar-refractivity contribution in [3.63, 3.8) is 0 Å². The predicted octanol–water partition coefficient (Wildman–Crippen LogP) is 3.99. The lowest BCUT2D eigenvalue weighted by Gasteiger charge is -2.02. The molecule has 24 heavy (non-hydrogen) atoms. The Morgan fingerprint density at radius 2 is 1.92 bits per heavy atom. The normalized spacial score (nSPS) is 16.1. The van der Waals surface area contributed by atoms with Crippen LogP contribution in [-0.4, -0.2) is 19.0 Å². The number of carbonyl (C=O) groups excluding carboxylic acids is 1. The van der Waals surface area contributed by atoms with E-state index in [1.165, 1.54) is 0 Å². The van der Waals surface area contributed by atoms with Gasteiger partial charge in [-0.05, 0) is 42.3 Å². The smallest absolute Gasteiger partial charge is 0.363 e. The van der Waals surface area contributed by atoms with Crippen molar-refractivity contribution >= 4 is 17.9 Å². The molecule has 0 radical (unpaired) electrons. The minimum atomic E-state index is -0.450. The van der Waals surface area contributed by atoms with Crippen molar-refractivity contribution in [2.24, 2.45) is 4.99 Å². The maximum atomic E-state index is 12.0. The topological polar surface area (TPSA) is 47.9 Å². The van der Waals surface area contributed by atoms with Crippen molar-refractivity contribution in [1.29, 1.82) is 0 Å². The van der Waals surface area contributed by atoms with Gasteiger partial charge in [-0.1, -0.05) is 42.5 Å². The third-order valence-corrected chi connectivity index (χ3v) is 3.50. The molecule has 0 aliphatic carbocycles. The first kappa shape index (κ1) is 15.7. The van der Waals surface area contributed by atoms with Gasteiger partial charge in [0.2, 0.25) is 5.90 Å². The fourth-order valence-electron chi connectivity index (χ4n) is 2.36. The number of esters is 1. The van der Waals surface area contributed by atoms with Crippen molar-refractivity contribution in [2.45, 2.75) is 6.92 Å². The van der Waals surface area contributed by atoms with Crippen LogP contribution in [-0.2, 0) is 9.53 Å². The number of benzene rings is 2. The van der Waals surface area contributed by atoms with Crippen LogP contribution in [0.4, 0.5) is 0 Å². The molecule has 0 spiro atoms. The van der Waals surface area contributed by atoms with Crippen LogP contribution in [0.5, 0.6) is 5.75 Å². The summed E-state index contributed by atoms with van der Waals surface area (Å²) in [5.74, 6) is 0.523. The molecular weight excluding hydrogens is 302 g/mol. The number of cyclic esters (lactones) is 1. The third kappa shape index (κ3) is 3.60. The van der Waals surface area contributed by atoms with Crippen LogP contribution in [0.25, 0.3) is 6.08 Å². The zero-order valence-electron chi connectivity index (χ0n) is 13.5. The van der Waals surface area contributed by atoms with Gasteiger partial charge in [0.1, 0.15) is 5.75 Å². The van der Waals surface area contributed by atoms with E-state index in [-0.39, 0.29) is 11.6 Å². The summed E-state index contributed by atoms with van der Waals surface area (Å²) in [5.41, 5.74) is 2.98. The lowest BCUT2D eigenvalue weighted by atomic mass is 10.1. The molecule has 2 aromatic carbocycles. The Hall–Kier alpha value is -3.14. The molecule has 0 N–H and O–H groups in total. The Morgan fingerprint density at radius 1 is 1.12 bits per heavy atom. The Morgan fingerprint density at radius 3 is 2.67 bits per heavy atom. The number of hydrogen-bond acceptors (Lipinski definition) is 4. The summed E-state index contributed by atoms with van der Waals surface area (Å²) in [7, 11) is 1.59. The average molecular weight is 319 g/mol. The van der Waals surface area contributed by atoms with E-state index in [0.29, 0.717) is 11.3 Å². The number of methoxy groups -OCH3 is 1. The van der Waals surface area contributed by atoms with Crippen molar-refractivity contribution in [1.82, 2.24) is 0 Å². The summed E-state index contributed by atoms with van der Waals surface area (Å²) in [5, 5.41) is 0. The largest absolute Gasteiger partial charge is 0.497 e. The molecule has 0 amide bonds. The predicted molar refractivity (Wildman–Crippen MR) is 93.8 cm³/mol. The van der Waals surface area contributed by atoms with Gasteiger partial charge >= 0.3 is 5.97 Å². The summed E-state index contributed by atoms with van der Waals surface area (Å²) in [4.78, 5) is 16.3. The summed E-state index contributed by atoms with van der Waals surface area (Å²) < 4.78 is 10.5. The minimum Gasteiger partial charge on any atom is -0.497 e. The molecule has 0 atom stereocenters. The Balaban J connectivity index is 1.87. The molecule has 0 bridgehead atoms. The molecule has 120 valence electrons. The Bertz CT molecular complexity index is 848. The highest BCUT2D eigenvalue weighted by atomic mass is 16.6. The summed E-state index contributed by atoms with van der Waals surface area (Å²) in [6.45, 7) is 1.92. The molecule has 3 rings (SSSR count). The molecular formula is C20H17NO3. The summed E-state index contributed by atoms with van der Waals surface area (Å²) in [6.07, 6.45) is 3.71. The monoisotopic (exact) mass is 319 g/mol. The van der Waals surface area contributed by atoms with Crippen molar-refractivity contribution in [2.75, 3.05) is 7.11 Å². The van der Waals surface area contributed by atoms with E-state index < -0.39 is 5.97 Å². The first-order chi connectivity index (χ1) is 11.7. The van der Waals surface area contributed by atoms with Gasteiger partial charge in [-0.2, -0.15) is 0 Å². The first-order valence-electron chi connectivity index (χ1n) is 7.56. The second-order valence-corrected chi connectivity index (χ2v) is 5.37. The van der Waals surface area contributed by atoms with Crippen LogP contribution >= 0.6 is 0 Å². The second-order valence-electron chi connectivity index (χ2n) is 5.37. The van der Waals surface area contributed by atoms with Crippen molar-refractivity contribution in [3.05, 3.63) is 83.1 Å². The van der Waals surface area contributed by atoms with E-state index in [2.05, 4.69) is 4.99 Å². The highest BCUT2D eigenvalue weighted by Crippen LogP contribution is 2.21. The molecule has 1 aliphatic rings. The molecule has 0 saturated heterocycles. The number of nitrogens with zero attached hydrogens (tertiary/aromatic N) is 1. The maximum absolute atomic E-state index is 12.0. The first-order valence-corrected chi connectivity index (χ1v) is 7.56. The van der Waals surface area contributed by atoms with E-state index in [9.17, 15) is 4.79 Å². The third-order valence-electron chi connectivity index (χ3n) is 3.50. The van der Waals surface area contributed by atoms with E-state index in [1.807, 2.05) is 61.5 Å². The van der Waals surface area contributed by atoms with E-state index in [0.717, 1.165) is 11.1 Å². The van der Waals surface area contributed by atoms with Gasteiger partial charge < -0.3 is 9.47 Å². The Labute approximate surface area is 140 Å². The quantitative estimate of drug-likeness (QED) is 0.632. The van der Waals surface area contributed by atoms with Gasteiger partial charge in [0.25, 0.3) is 0 Å². The van der Waals surface area contributed by atoms with Crippen molar-refractivity contribution < 1.29 is 14.3 Å². The van der Waals surface area contributed by atoms with Crippen LogP contribution in [0, 0.1) is 0 Å². The molecule has 0 aromatic heterocycles. The number of aliphatic imine (C=N–C) groups is 1. The van der Waals surface area contributed by atoms with Gasteiger partial charge in [0.05, 0.1) is 7.11 Å². The fraction of sp³-hybridized carbons (Fsp3) is 0.100. The summed E-state index contributed by atoms with van der Waals surface area (Å²) >= 11 is 0. The highest BCUT2D eigenvalue weighted by molar-refractivity contribution is 6.11. The summed E-state index contributed by atoms with van der Waals surface area (Å²) in [6, 6.07) is 17.2. The molecule has 0 saturated carbocycles. The number of carbonyl (C=O) groups is 1. The molecule has 1 heterocycles. The average Bonchev–Trinajstić information content (AvgIpc) is 2.96. The van der Waals surface area contributed by atoms with Gasteiger partial charge in [-0.3, -0.25) is 0 Å². The van der Waals surface area contributed by atoms with Crippen LogP contribution in [0.15, 0.2) is 76.9 Å². The van der Waals surface area contributed by atoms with Gasteiger partial charge in [-0.15, -0.1) is 0 Å². The molecule has 2 aromatic rings. The maximum Gasteiger partial charge on any atom is 0.363 e. The van der Waals surface area contributed by atoms with E-state index in [4.69, 9.17) is 9.47 Å². The van der Waals surface area contributed by atoms with Crippen LogP contribution < -0.4 is 4.74 Å². The molecule has 0 unspecified atom stereocenters. The molecule has 0 fully saturated rings. The van der Waals surface area contributed by atoms with Crippen LogP contribution in [0.1, 0.15) is 18.1 Å². The van der Waals surface area contributed by atoms with Crippen LogP contribution in [0.3, 0.4) is 0 Å². The molecule has 1 aliphatic heterocycles. The second kappa shape index (κ2) is 6.96. The number of rotatable bonds is 4. The standard InChI is InChI=1S/C20H17NO3/c1-14(11-15-7-4-3-5-8-15)12-18-20(22)24-19(21-18)16-9-6-10-17(13-16)23-2/h3-13H,1-2H3/b14-11+,18-12+. The molecule has 4 nitrogen and oxygen atoms in total. The van der Waals surface area contributed by atoms with Crippen LogP contribution in [0.2, 0.25) is 0 Å². The van der Waals surface area contributed by atoms with Gasteiger partial charge in [0.15, 0.2) is 5.70 Å². The lowest BCUT2D eigenvalue weighted by molar-refractivity contribution is -0.130. The van der Waals surface area contributed by atoms with Gasteiger partial charge in [-0.25, -0.2) is 9.79 Å². The van der Waals surface area contributed by atoms with E-state index in [1.54, 1.807) is 19.3 Å². The van der Waals surface area contributed by atoms with E-state index >= 15 is 0 Å². The van der Waals surface area contributed by atoms with Crippen molar-refractivity contribution in [3.8, 4) is 5.75 Å². The number of allylic oxidation sites excluding steroid dienone is 2. The number of hydrogen-bond donors (Lipinski definition) is 0. The zero-order chi connectivity index (χ0) is 16.9. The lowest BCUT2D eigenvalue weighted by Crippen LogP contribution is -2.05. The number of ether oxygens (including phenoxy) is 2. The molecule has 4 heteroatoms. The SMILES string of the molecule is COc1cccc(C2=N/C(=C/C(C)=C/c3ccccc3)C(=O)O2)c1. The minimum absolute atomic E-state index is 0.289.